The average molecular weight is 560 g/mol. The van der Waals surface area contributed by atoms with E-state index in [9.17, 15) is 31.5 Å². The summed E-state index contributed by atoms with van der Waals surface area (Å²) in [5, 5.41) is 9.51. The molecular weight excluding hydrogens is 543 g/mol. The summed E-state index contributed by atoms with van der Waals surface area (Å²) in [6, 6.07) is 6.72. The van der Waals surface area contributed by atoms with Crippen LogP contribution in [0.15, 0.2) is 51.8 Å². The number of halogens is 4. The number of methoxy groups -OCH3 is 2. The molecule has 0 aliphatic carbocycles. The highest BCUT2D eigenvalue weighted by Crippen LogP contribution is 2.37. The van der Waals surface area contributed by atoms with E-state index < -0.39 is 50.6 Å². The zero-order chi connectivity index (χ0) is 25.2. The van der Waals surface area contributed by atoms with Crippen LogP contribution in [0.2, 0.25) is 0 Å². The average Bonchev–Trinajstić information content (AvgIpc) is 2.79. The summed E-state index contributed by atoms with van der Waals surface area (Å²) >= 11 is 3.11. The first kappa shape index (κ1) is 25.5. The van der Waals surface area contributed by atoms with Gasteiger partial charge in [-0.25, -0.2) is 26.4 Å². The minimum absolute atomic E-state index is 0.0894. The van der Waals surface area contributed by atoms with Gasteiger partial charge in [0.25, 0.3) is 10.0 Å². The van der Waals surface area contributed by atoms with Crippen molar-refractivity contribution < 1.29 is 41.0 Å². The number of carbonyl (C=O) groups excluding carboxylic acids is 1. The third-order valence-corrected chi connectivity index (χ3v) is 6.72. The van der Waals surface area contributed by atoms with Gasteiger partial charge in [0.15, 0.2) is 5.75 Å². The second kappa shape index (κ2) is 10.0. The fraction of sp³-hybridized carbons (Fsp3) is 0.136. The number of hydrogen-bond donors (Lipinski definition) is 2. The van der Waals surface area contributed by atoms with E-state index in [4.69, 9.17) is 4.74 Å². The predicted molar refractivity (Wildman–Crippen MR) is 121 cm³/mol. The highest BCUT2D eigenvalue weighted by molar-refractivity contribution is 9.10. The molecule has 0 saturated heterocycles. The molecule has 0 bridgehead atoms. The minimum Gasteiger partial charge on any atom is -0.494 e. The topological polar surface area (TPSA) is 102 Å². The Hall–Kier alpha value is -3.09. The summed E-state index contributed by atoms with van der Waals surface area (Å²) in [4.78, 5) is 11.4. The third-order valence-electron chi connectivity index (χ3n) is 4.76. The summed E-state index contributed by atoms with van der Waals surface area (Å²) in [6.45, 7) is -0.570. The molecular formula is C22H17BrF3NO6S. The third kappa shape index (κ3) is 5.03. The number of sulfonamides is 1. The normalized spacial score (nSPS) is 11.3. The second-order valence-corrected chi connectivity index (χ2v) is 9.36. The number of anilines is 1. The van der Waals surface area contributed by atoms with Gasteiger partial charge in [-0.2, -0.15) is 0 Å². The number of esters is 1. The number of carbonyl (C=O) groups is 1. The number of aliphatic hydroxyl groups excluding tert-OH is 1. The van der Waals surface area contributed by atoms with Gasteiger partial charge in [-0.05, 0) is 57.4 Å². The molecule has 0 heterocycles. The van der Waals surface area contributed by atoms with Gasteiger partial charge >= 0.3 is 5.97 Å². The molecule has 3 aromatic rings. The highest BCUT2D eigenvalue weighted by Gasteiger charge is 2.26. The van der Waals surface area contributed by atoms with Crippen molar-refractivity contribution in [3.05, 3.63) is 75.5 Å². The number of aliphatic hydroxyl groups is 1. The van der Waals surface area contributed by atoms with Crippen LogP contribution in [0.5, 0.6) is 5.75 Å². The highest BCUT2D eigenvalue weighted by atomic mass is 79.9. The van der Waals surface area contributed by atoms with E-state index in [0.29, 0.717) is 6.07 Å². The van der Waals surface area contributed by atoms with Crippen molar-refractivity contribution in [1.29, 1.82) is 0 Å². The van der Waals surface area contributed by atoms with Crippen molar-refractivity contribution in [3.63, 3.8) is 0 Å². The summed E-state index contributed by atoms with van der Waals surface area (Å²) in [7, 11) is -2.30. The maximum Gasteiger partial charge on any atom is 0.337 e. The smallest absolute Gasteiger partial charge is 0.337 e. The van der Waals surface area contributed by atoms with Gasteiger partial charge in [0, 0.05) is 11.6 Å². The molecule has 0 radical (unpaired) electrons. The molecule has 0 unspecified atom stereocenters. The molecule has 0 aliphatic rings. The summed E-state index contributed by atoms with van der Waals surface area (Å²) in [6.07, 6.45) is 0. The lowest BCUT2D eigenvalue weighted by atomic mass is 9.98. The van der Waals surface area contributed by atoms with Gasteiger partial charge in [-0.3, -0.25) is 4.72 Å². The zero-order valence-electron chi connectivity index (χ0n) is 17.7. The maximum atomic E-state index is 14.6. The molecule has 0 atom stereocenters. The molecule has 180 valence electrons. The van der Waals surface area contributed by atoms with E-state index in [0.717, 1.165) is 31.4 Å². The molecule has 7 nitrogen and oxygen atoms in total. The van der Waals surface area contributed by atoms with E-state index >= 15 is 0 Å². The first-order valence-corrected chi connectivity index (χ1v) is 11.7. The van der Waals surface area contributed by atoms with Crippen molar-refractivity contribution in [2.24, 2.45) is 0 Å². The summed E-state index contributed by atoms with van der Waals surface area (Å²) in [5.41, 5.74) is -1.10. The molecule has 3 rings (SSSR count). The van der Waals surface area contributed by atoms with Crippen LogP contribution in [-0.2, 0) is 21.4 Å². The number of rotatable bonds is 7. The molecule has 12 heteroatoms. The fourth-order valence-corrected chi connectivity index (χ4v) is 5.20. The Morgan fingerprint density at radius 3 is 2.35 bits per heavy atom. The molecule has 0 aromatic heterocycles. The lowest BCUT2D eigenvalue weighted by Crippen LogP contribution is -2.17. The van der Waals surface area contributed by atoms with Crippen LogP contribution < -0.4 is 9.46 Å². The molecule has 0 spiro atoms. The zero-order valence-corrected chi connectivity index (χ0v) is 20.1. The molecule has 34 heavy (non-hydrogen) atoms. The molecule has 2 N–H and O–H groups in total. The van der Waals surface area contributed by atoms with Crippen molar-refractivity contribution in [1.82, 2.24) is 0 Å². The fourth-order valence-electron chi connectivity index (χ4n) is 3.17. The Labute approximate surface area is 201 Å². The monoisotopic (exact) mass is 559 g/mol. The van der Waals surface area contributed by atoms with Crippen LogP contribution in [0, 0.1) is 17.5 Å². The number of ether oxygens (including phenoxy) is 2. The standard InChI is InChI=1S/C22H17BrF3NO6S/c1-32-21-16(23)5-12(22(29)33-2)6-20(21)34(30,31)27-19-8-15(17(25)9-18(19)26)14-7-13(24)4-3-11(14)10-28/h3-9,27-28H,10H2,1-2H3. The predicted octanol–water partition coefficient (Wildman–Crippen LogP) is 4.62. The van der Waals surface area contributed by atoms with E-state index in [1.54, 1.807) is 0 Å². The van der Waals surface area contributed by atoms with E-state index in [1.807, 2.05) is 4.72 Å². The van der Waals surface area contributed by atoms with E-state index in [-0.39, 0.29) is 32.5 Å². The Morgan fingerprint density at radius 1 is 1.03 bits per heavy atom. The van der Waals surface area contributed by atoms with Crippen molar-refractivity contribution >= 4 is 37.6 Å². The minimum atomic E-state index is -4.60. The molecule has 0 amide bonds. The van der Waals surface area contributed by atoms with E-state index in [2.05, 4.69) is 20.7 Å². The number of benzene rings is 3. The second-order valence-electron chi connectivity index (χ2n) is 6.86. The van der Waals surface area contributed by atoms with Crippen molar-refractivity contribution in [2.75, 3.05) is 18.9 Å². The van der Waals surface area contributed by atoms with Gasteiger partial charge in [0.2, 0.25) is 0 Å². The van der Waals surface area contributed by atoms with Gasteiger partial charge in [-0.15, -0.1) is 0 Å². The van der Waals surface area contributed by atoms with Gasteiger partial charge < -0.3 is 14.6 Å². The molecule has 3 aromatic carbocycles. The first-order valence-electron chi connectivity index (χ1n) is 9.39. The summed E-state index contributed by atoms with van der Waals surface area (Å²) in [5.74, 6) is -4.12. The summed E-state index contributed by atoms with van der Waals surface area (Å²) < 4.78 is 81.0. The SMILES string of the molecule is COC(=O)c1cc(Br)c(OC)c(S(=O)(=O)Nc2cc(-c3cc(F)ccc3CO)c(F)cc2F)c1. The molecule has 0 saturated carbocycles. The maximum absolute atomic E-state index is 14.6. The Bertz CT molecular complexity index is 1380. The Morgan fingerprint density at radius 2 is 1.74 bits per heavy atom. The number of hydrogen-bond acceptors (Lipinski definition) is 6. The van der Waals surface area contributed by atoms with Gasteiger partial charge in [0.05, 0.1) is 36.6 Å². The lowest BCUT2D eigenvalue weighted by molar-refractivity contribution is 0.0600. The Kier molecular flexibility index (Phi) is 7.54. The lowest BCUT2D eigenvalue weighted by Gasteiger charge is -2.16. The number of nitrogens with one attached hydrogen (secondary N) is 1. The van der Waals surface area contributed by atoms with Crippen LogP contribution in [0.25, 0.3) is 11.1 Å². The largest absolute Gasteiger partial charge is 0.494 e. The molecule has 0 fully saturated rings. The first-order chi connectivity index (χ1) is 16.0. The van der Waals surface area contributed by atoms with Crippen molar-refractivity contribution in [2.45, 2.75) is 11.5 Å². The van der Waals surface area contributed by atoms with Gasteiger partial charge in [0.1, 0.15) is 22.3 Å². The van der Waals surface area contributed by atoms with Crippen LogP contribution in [-0.4, -0.2) is 33.7 Å². The van der Waals surface area contributed by atoms with Crippen LogP contribution in [0.1, 0.15) is 15.9 Å². The van der Waals surface area contributed by atoms with Crippen LogP contribution in [0.3, 0.4) is 0 Å². The van der Waals surface area contributed by atoms with Gasteiger partial charge in [-0.1, -0.05) is 6.07 Å². The van der Waals surface area contributed by atoms with E-state index in [1.165, 1.54) is 19.2 Å². The van der Waals surface area contributed by atoms with Crippen molar-refractivity contribution in [3.8, 4) is 16.9 Å². The van der Waals surface area contributed by atoms with Crippen LogP contribution in [0.4, 0.5) is 18.9 Å². The molecule has 0 aliphatic heterocycles. The quantitative estimate of drug-likeness (QED) is 0.409. The Balaban J connectivity index is 2.15. The van der Waals surface area contributed by atoms with Crippen LogP contribution >= 0.6 is 15.9 Å².